The van der Waals surface area contributed by atoms with Crippen molar-refractivity contribution in [2.45, 2.75) is 6.92 Å². The van der Waals surface area contributed by atoms with Crippen molar-refractivity contribution < 1.29 is 22.4 Å². The van der Waals surface area contributed by atoms with Crippen LogP contribution >= 0.6 is 0 Å². The number of rotatable bonds is 5. The molecule has 5 nitrogen and oxygen atoms in total. The Morgan fingerprint density at radius 2 is 2.06 bits per heavy atom. The number of hydrogen-bond donors (Lipinski definition) is 0. The van der Waals surface area contributed by atoms with Crippen LogP contribution in [0.15, 0.2) is 24.3 Å². The number of methoxy groups -OCH3 is 1. The van der Waals surface area contributed by atoms with E-state index in [2.05, 4.69) is 0 Å². The highest BCUT2D eigenvalue weighted by atomic mass is 32.2. The minimum atomic E-state index is -4.41. The third-order valence-electron chi connectivity index (χ3n) is 1.91. The summed E-state index contributed by atoms with van der Waals surface area (Å²) in [5, 5.41) is 0. The third-order valence-corrected chi connectivity index (χ3v) is 2.31. The molecule has 0 aliphatic carbocycles. The van der Waals surface area contributed by atoms with E-state index in [4.69, 9.17) is 9.47 Å². The molecule has 0 saturated carbocycles. The molecule has 0 saturated heterocycles. The van der Waals surface area contributed by atoms with Crippen LogP contribution in [-0.2, 0) is 10.1 Å². The Morgan fingerprint density at radius 1 is 1.35 bits per heavy atom. The number of hydrogen-bond acceptors (Lipinski definition) is 5. The standard InChI is InChI=1S/C11H14O5S/c1-3-4-9-5-6-10(11(7-9)15-2)16-8-17(12,13)14/h3-7H,8H2,1-2H3,(H,12,13,14)/p-1/b4-3+. The fraction of sp³-hybridized carbons (Fsp3) is 0.273. The molecule has 94 valence electrons. The highest BCUT2D eigenvalue weighted by Crippen LogP contribution is 2.28. The summed E-state index contributed by atoms with van der Waals surface area (Å²) in [6.45, 7) is 1.88. The first-order chi connectivity index (χ1) is 7.96. The van der Waals surface area contributed by atoms with Gasteiger partial charge in [-0.1, -0.05) is 18.2 Å². The van der Waals surface area contributed by atoms with Crippen molar-refractivity contribution >= 4 is 16.2 Å². The van der Waals surface area contributed by atoms with Gasteiger partial charge >= 0.3 is 0 Å². The van der Waals surface area contributed by atoms with Crippen LogP contribution in [0.1, 0.15) is 12.5 Å². The minimum Gasteiger partial charge on any atom is -0.745 e. The summed E-state index contributed by atoms with van der Waals surface area (Å²) in [5.74, 6) is -0.309. The Labute approximate surface area is 100 Å². The molecule has 6 heteroatoms. The van der Waals surface area contributed by atoms with E-state index in [-0.39, 0.29) is 5.75 Å². The van der Waals surface area contributed by atoms with Crippen molar-refractivity contribution in [2.24, 2.45) is 0 Å². The van der Waals surface area contributed by atoms with Gasteiger partial charge in [-0.05, 0) is 24.6 Å². The van der Waals surface area contributed by atoms with E-state index < -0.39 is 16.1 Å². The van der Waals surface area contributed by atoms with Crippen molar-refractivity contribution in [1.29, 1.82) is 0 Å². The van der Waals surface area contributed by atoms with Crippen LogP contribution < -0.4 is 9.47 Å². The van der Waals surface area contributed by atoms with Gasteiger partial charge in [-0.25, -0.2) is 8.42 Å². The van der Waals surface area contributed by atoms with Crippen LogP contribution in [0.5, 0.6) is 11.5 Å². The SMILES string of the molecule is C/C=C/c1ccc(OCS(=O)(=O)[O-])c(OC)c1. The Hall–Kier alpha value is -1.53. The molecule has 1 aromatic rings. The van der Waals surface area contributed by atoms with E-state index in [0.717, 1.165) is 5.56 Å². The van der Waals surface area contributed by atoms with Crippen molar-refractivity contribution in [3.05, 3.63) is 29.8 Å². The molecule has 0 amide bonds. The van der Waals surface area contributed by atoms with Crippen molar-refractivity contribution in [3.8, 4) is 11.5 Å². The second-order valence-corrected chi connectivity index (χ2v) is 4.58. The van der Waals surface area contributed by atoms with Crippen molar-refractivity contribution in [1.82, 2.24) is 0 Å². The summed E-state index contributed by atoms with van der Waals surface area (Å²) in [4.78, 5) is 0. The lowest BCUT2D eigenvalue weighted by atomic mass is 10.2. The molecule has 0 aliphatic rings. The van der Waals surface area contributed by atoms with Gasteiger partial charge in [-0.2, -0.15) is 0 Å². The Bertz CT molecular complexity index is 505. The lowest BCUT2D eigenvalue weighted by molar-refractivity contribution is 0.321. The average molecular weight is 257 g/mol. The van der Waals surface area contributed by atoms with Crippen molar-refractivity contribution in [3.63, 3.8) is 0 Å². The van der Waals surface area contributed by atoms with E-state index >= 15 is 0 Å². The van der Waals surface area contributed by atoms with Gasteiger partial charge in [0, 0.05) is 0 Å². The Balaban J connectivity index is 2.93. The molecule has 0 heterocycles. The van der Waals surface area contributed by atoms with E-state index in [1.807, 2.05) is 19.1 Å². The van der Waals surface area contributed by atoms with Gasteiger partial charge in [0.2, 0.25) is 0 Å². The zero-order valence-corrected chi connectivity index (χ0v) is 10.4. The average Bonchev–Trinajstić information content (AvgIpc) is 2.26. The summed E-state index contributed by atoms with van der Waals surface area (Å²) in [5.41, 5.74) is 0.890. The summed E-state index contributed by atoms with van der Waals surface area (Å²) >= 11 is 0. The first kappa shape index (κ1) is 13.5. The fourth-order valence-electron chi connectivity index (χ4n) is 1.24. The summed E-state index contributed by atoms with van der Waals surface area (Å²) < 4.78 is 41.2. The highest BCUT2D eigenvalue weighted by molar-refractivity contribution is 7.85. The lowest BCUT2D eigenvalue weighted by Gasteiger charge is -2.12. The molecular weight excluding hydrogens is 244 g/mol. The maximum absolute atomic E-state index is 10.4. The maximum Gasteiger partial charge on any atom is 0.177 e. The molecule has 1 rings (SSSR count). The molecule has 0 N–H and O–H groups in total. The molecule has 1 aromatic carbocycles. The molecule has 17 heavy (non-hydrogen) atoms. The lowest BCUT2D eigenvalue weighted by Crippen LogP contribution is -2.11. The van der Waals surface area contributed by atoms with E-state index in [1.54, 1.807) is 18.2 Å². The molecule has 0 unspecified atom stereocenters. The van der Waals surface area contributed by atoms with Gasteiger partial charge in [-0.3, -0.25) is 0 Å². The summed E-state index contributed by atoms with van der Waals surface area (Å²) in [6.07, 6.45) is 3.72. The molecule has 0 fully saturated rings. The molecule has 0 aromatic heterocycles. The van der Waals surface area contributed by atoms with Gasteiger partial charge in [0.1, 0.15) is 10.1 Å². The van der Waals surface area contributed by atoms with Gasteiger partial charge in [0.05, 0.1) is 7.11 Å². The molecular formula is C11H13O5S-. The molecule has 0 radical (unpaired) electrons. The minimum absolute atomic E-state index is 0.222. The molecule has 0 aliphatic heterocycles. The first-order valence-electron chi connectivity index (χ1n) is 4.83. The van der Waals surface area contributed by atoms with Crippen LogP contribution in [0.25, 0.3) is 6.08 Å². The number of allylic oxidation sites excluding steroid dienone is 1. The van der Waals surface area contributed by atoms with Gasteiger partial charge in [-0.15, -0.1) is 0 Å². The summed E-state index contributed by atoms with van der Waals surface area (Å²) in [7, 11) is -2.97. The zero-order valence-electron chi connectivity index (χ0n) is 9.54. The quantitative estimate of drug-likeness (QED) is 0.749. The van der Waals surface area contributed by atoms with E-state index in [0.29, 0.717) is 5.75 Å². The zero-order chi connectivity index (χ0) is 12.9. The third kappa shape index (κ3) is 4.46. The van der Waals surface area contributed by atoms with E-state index in [1.165, 1.54) is 7.11 Å². The van der Waals surface area contributed by atoms with Gasteiger partial charge < -0.3 is 14.0 Å². The molecule has 0 spiro atoms. The smallest absolute Gasteiger partial charge is 0.177 e. The van der Waals surface area contributed by atoms with Crippen LogP contribution in [0.4, 0.5) is 0 Å². The van der Waals surface area contributed by atoms with Crippen molar-refractivity contribution in [2.75, 3.05) is 13.0 Å². The topological polar surface area (TPSA) is 75.7 Å². The number of benzene rings is 1. The van der Waals surface area contributed by atoms with Crippen LogP contribution in [-0.4, -0.2) is 26.0 Å². The molecule has 0 bridgehead atoms. The van der Waals surface area contributed by atoms with Crippen LogP contribution in [0.3, 0.4) is 0 Å². The maximum atomic E-state index is 10.4. The fourth-order valence-corrected chi connectivity index (χ4v) is 1.51. The summed E-state index contributed by atoms with van der Waals surface area (Å²) in [6, 6.07) is 4.97. The predicted octanol–water partition coefficient (Wildman–Crippen LogP) is 1.61. The second-order valence-electron chi connectivity index (χ2n) is 3.23. The Morgan fingerprint density at radius 3 is 2.59 bits per heavy atom. The predicted molar refractivity (Wildman–Crippen MR) is 62.9 cm³/mol. The first-order valence-corrected chi connectivity index (χ1v) is 6.41. The second kappa shape index (κ2) is 5.70. The van der Waals surface area contributed by atoms with Gasteiger partial charge in [0.15, 0.2) is 17.4 Å². The molecule has 0 atom stereocenters. The van der Waals surface area contributed by atoms with Crippen LogP contribution in [0.2, 0.25) is 0 Å². The highest BCUT2D eigenvalue weighted by Gasteiger charge is 2.06. The normalized spacial score (nSPS) is 11.7. The van der Waals surface area contributed by atoms with Crippen LogP contribution in [0, 0.1) is 0 Å². The Kier molecular flexibility index (Phi) is 4.53. The number of ether oxygens (including phenoxy) is 2. The van der Waals surface area contributed by atoms with Gasteiger partial charge in [0.25, 0.3) is 0 Å². The van der Waals surface area contributed by atoms with E-state index in [9.17, 15) is 13.0 Å². The monoisotopic (exact) mass is 257 g/mol. The largest absolute Gasteiger partial charge is 0.745 e.